The molecule has 3 heterocycles. The topological polar surface area (TPSA) is 93.7 Å². The number of hydrogen-bond donors (Lipinski definition) is 2. The Bertz CT molecular complexity index is 772. The Morgan fingerprint density at radius 1 is 1.21 bits per heavy atom. The molecule has 3 aromatic rings. The van der Waals surface area contributed by atoms with E-state index < -0.39 is 6.10 Å². The van der Waals surface area contributed by atoms with Crippen molar-refractivity contribution in [2.24, 2.45) is 5.92 Å². The number of rotatable bonds is 5. The van der Waals surface area contributed by atoms with Crippen molar-refractivity contribution in [1.29, 1.82) is 0 Å². The Balaban J connectivity index is 1.42. The number of nitrogens with zero attached hydrogens (tertiary/aromatic N) is 6. The molecule has 0 saturated heterocycles. The van der Waals surface area contributed by atoms with Crippen LogP contribution in [0.2, 0.25) is 0 Å². The summed E-state index contributed by atoms with van der Waals surface area (Å²) in [5.41, 5.74) is 0. The van der Waals surface area contributed by atoms with Gasteiger partial charge in [-0.1, -0.05) is 0 Å². The largest absolute Gasteiger partial charge is 0.391 e. The van der Waals surface area contributed by atoms with Crippen LogP contribution in [0.3, 0.4) is 0 Å². The predicted molar refractivity (Wildman–Crippen MR) is 87.5 cm³/mol. The van der Waals surface area contributed by atoms with Gasteiger partial charge in [-0.05, 0) is 24.8 Å². The summed E-state index contributed by atoms with van der Waals surface area (Å²) in [6.07, 6.45) is 11.7. The van der Waals surface area contributed by atoms with Crippen LogP contribution in [0, 0.1) is 5.92 Å². The normalized spacial score (nSPS) is 23.5. The summed E-state index contributed by atoms with van der Waals surface area (Å²) in [6, 6.07) is 3.76. The van der Waals surface area contributed by atoms with Crippen LogP contribution in [0.1, 0.15) is 12.8 Å². The molecule has 0 aliphatic heterocycles. The van der Waals surface area contributed by atoms with Gasteiger partial charge in [0.1, 0.15) is 24.3 Å². The third-order valence-electron chi connectivity index (χ3n) is 4.39. The van der Waals surface area contributed by atoms with E-state index in [2.05, 4.69) is 25.4 Å². The number of aromatic nitrogens is 6. The SMILES string of the molecule is O[C@@H]1CC(Cn2cccn2)C[C@H]1Nc1cc(-n2ccnc2)ncn1. The van der Waals surface area contributed by atoms with E-state index in [4.69, 9.17) is 0 Å². The molecule has 1 unspecified atom stereocenters. The molecule has 0 aromatic carbocycles. The van der Waals surface area contributed by atoms with Crippen LogP contribution in [0.4, 0.5) is 5.82 Å². The molecule has 1 aliphatic rings. The summed E-state index contributed by atoms with van der Waals surface area (Å²) in [6.45, 7) is 0.826. The fourth-order valence-electron chi connectivity index (χ4n) is 3.25. The average molecular weight is 325 g/mol. The molecule has 0 bridgehead atoms. The van der Waals surface area contributed by atoms with E-state index in [1.54, 1.807) is 18.7 Å². The fraction of sp³-hybridized carbons (Fsp3) is 0.375. The number of hydrogen-bond acceptors (Lipinski definition) is 6. The maximum Gasteiger partial charge on any atom is 0.143 e. The number of imidazole rings is 1. The van der Waals surface area contributed by atoms with Crippen LogP contribution >= 0.6 is 0 Å². The molecule has 24 heavy (non-hydrogen) atoms. The zero-order valence-electron chi connectivity index (χ0n) is 13.1. The van der Waals surface area contributed by atoms with Crippen LogP contribution in [0.5, 0.6) is 0 Å². The highest BCUT2D eigenvalue weighted by molar-refractivity contribution is 5.41. The van der Waals surface area contributed by atoms with Crippen LogP contribution < -0.4 is 5.32 Å². The lowest BCUT2D eigenvalue weighted by Crippen LogP contribution is -2.28. The first-order valence-electron chi connectivity index (χ1n) is 8.00. The number of aliphatic hydroxyl groups excluding tert-OH is 1. The maximum absolute atomic E-state index is 10.4. The van der Waals surface area contributed by atoms with Gasteiger partial charge in [0.15, 0.2) is 0 Å². The van der Waals surface area contributed by atoms with Crippen molar-refractivity contribution in [3.05, 3.63) is 49.6 Å². The van der Waals surface area contributed by atoms with Crippen LogP contribution in [0.15, 0.2) is 49.6 Å². The summed E-state index contributed by atoms with van der Waals surface area (Å²) < 4.78 is 3.74. The van der Waals surface area contributed by atoms with Crippen LogP contribution in [-0.2, 0) is 6.54 Å². The summed E-state index contributed by atoms with van der Waals surface area (Å²) in [7, 11) is 0. The molecule has 1 aliphatic carbocycles. The second-order valence-electron chi connectivity index (χ2n) is 6.12. The summed E-state index contributed by atoms with van der Waals surface area (Å²) in [4.78, 5) is 12.5. The highest BCUT2D eigenvalue weighted by atomic mass is 16.3. The minimum Gasteiger partial charge on any atom is -0.391 e. The van der Waals surface area contributed by atoms with Gasteiger partial charge in [0.25, 0.3) is 0 Å². The summed E-state index contributed by atoms with van der Waals surface area (Å²) in [5.74, 6) is 1.84. The molecule has 4 rings (SSSR count). The standard InChI is InChI=1S/C16H19N7O/c24-14-7-12(9-23-4-1-2-20-23)6-13(14)21-15-8-16(19-10-18-15)22-5-3-17-11-22/h1-5,8,10-14,24H,6-7,9H2,(H,18,19,21)/t12?,13-,14-/m1/s1. The number of anilines is 1. The molecule has 0 spiro atoms. The lowest BCUT2D eigenvalue weighted by atomic mass is 10.1. The van der Waals surface area contributed by atoms with Gasteiger partial charge in [-0.15, -0.1) is 0 Å². The fourth-order valence-corrected chi connectivity index (χ4v) is 3.25. The highest BCUT2D eigenvalue weighted by Gasteiger charge is 2.33. The first-order valence-corrected chi connectivity index (χ1v) is 8.00. The minimum absolute atomic E-state index is 0.0175. The molecule has 1 saturated carbocycles. The molecular weight excluding hydrogens is 306 g/mol. The Labute approximate surface area is 139 Å². The van der Waals surface area contributed by atoms with Crippen LogP contribution in [0.25, 0.3) is 5.82 Å². The quantitative estimate of drug-likeness (QED) is 0.730. The van der Waals surface area contributed by atoms with Crippen molar-refractivity contribution in [2.75, 3.05) is 5.32 Å². The van der Waals surface area contributed by atoms with Gasteiger partial charge in [-0.3, -0.25) is 9.25 Å². The van der Waals surface area contributed by atoms with E-state index >= 15 is 0 Å². The van der Waals surface area contributed by atoms with E-state index in [0.29, 0.717) is 11.7 Å². The molecule has 2 N–H and O–H groups in total. The lowest BCUT2D eigenvalue weighted by Gasteiger charge is -2.17. The minimum atomic E-state index is -0.391. The van der Waals surface area contributed by atoms with Gasteiger partial charge in [-0.2, -0.15) is 5.10 Å². The van der Waals surface area contributed by atoms with E-state index in [9.17, 15) is 5.11 Å². The van der Waals surface area contributed by atoms with Gasteiger partial charge >= 0.3 is 0 Å². The number of aliphatic hydroxyl groups is 1. The molecule has 8 heteroatoms. The molecular formula is C16H19N7O. The van der Waals surface area contributed by atoms with Crippen molar-refractivity contribution >= 4 is 5.82 Å². The van der Waals surface area contributed by atoms with E-state index in [1.165, 1.54) is 6.33 Å². The Morgan fingerprint density at radius 2 is 2.17 bits per heavy atom. The Hall–Kier alpha value is -2.74. The smallest absolute Gasteiger partial charge is 0.143 e. The van der Waals surface area contributed by atoms with E-state index in [-0.39, 0.29) is 6.04 Å². The molecule has 124 valence electrons. The maximum atomic E-state index is 10.4. The lowest BCUT2D eigenvalue weighted by molar-refractivity contribution is 0.166. The summed E-state index contributed by atoms with van der Waals surface area (Å²) in [5, 5.41) is 17.9. The average Bonchev–Trinajstić information content (AvgIpc) is 3.32. The Kier molecular flexibility index (Phi) is 3.96. The zero-order valence-corrected chi connectivity index (χ0v) is 13.1. The van der Waals surface area contributed by atoms with Crippen molar-refractivity contribution in [3.8, 4) is 5.82 Å². The monoisotopic (exact) mass is 325 g/mol. The third-order valence-corrected chi connectivity index (χ3v) is 4.39. The third kappa shape index (κ3) is 3.13. The molecule has 3 atom stereocenters. The Morgan fingerprint density at radius 3 is 2.96 bits per heavy atom. The van der Waals surface area contributed by atoms with Gasteiger partial charge in [0.2, 0.25) is 0 Å². The second kappa shape index (κ2) is 6.40. The molecule has 3 aromatic heterocycles. The first kappa shape index (κ1) is 14.8. The molecule has 8 nitrogen and oxygen atoms in total. The molecule has 0 radical (unpaired) electrons. The van der Waals surface area contributed by atoms with Gasteiger partial charge in [0.05, 0.1) is 12.1 Å². The van der Waals surface area contributed by atoms with E-state index in [1.807, 2.05) is 33.8 Å². The van der Waals surface area contributed by atoms with Crippen molar-refractivity contribution in [2.45, 2.75) is 31.5 Å². The highest BCUT2D eigenvalue weighted by Crippen LogP contribution is 2.29. The van der Waals surface area contributed by atoms with Gasteiger partial charge < -0.3 is 10.4 Å². The molecule has 1 fully saturated rings. The molecule has 0 amide bonds. The van der Waals surface area contributed by atoms with E-state index in [0.717, 1.165) is 25.2 Å². The summed E-state index contributed by atoms with van der Waals surface area (Å²) >= 11 is 0. The van der Waals surface area contributed by atoms with Crippen molar-refractivity contribution in [1.82, 2.24) is 29.3 Å². The first-order chi connectivity index (χ1) is 11.8. The second-order valence-corrected chi connectivity index (χ2v) is 6.12. The number of nitrogens with one attached hydrogen (secondary N) is 1. The van der Waals surface area contributed by atoms with Crippen LogP contribution in [-0.4, -0.2) is 46.6 Å². The van der Waals surface area contributed by atoms with Gasteiger partial charge in [0, 0.05) is 37.4 Å². The van der Waals surface area contributed by atoms with Gasteiger partial charge in [-0.25, -0.2) is 15.0 Å². The van der Waals surface area contributed by atoms with Crippen molar-refractivity contribution in [3.63, 3.8) is 0 Å². The predicted octanol–water partition coefficient (Wildman–Crippen LogP) is 1.11. The van der Waals surface area contributed by atoms with Crippen molar-refractivity contribution < 1.29 is 5.11 Å². The zero-order chi connectivity index (χ0) is 16.4.